The fraction of sp³-hybridized carbons (Fsp3) is 0.385. The molecule has 2 amide bonds. The van der Waals surface area contributed by atoms with E-state index in [1.54, 1.807) is 7.11 Å². The second-order valence-electron chi connectivity index (χ2n) is 4.62. The van der Waals surface area contributed by atoms with Gasteiger partial charge in [-0.3, -0.25) is 0 Å². The SMILES string of the molecule is COC1CC(NC(=O)Nc2cc(C(=O)O)ccc2Cl)C1. The number of urea groups is 1. The maximum atomic E-state index is 11.8. The van der Waals surface area contributed by atoms with Gasteiger partial charge in [-0.15, -0.1) is 0 Å². The van der Waals surface area contributed by atoms with Crippen LogP contribution in [0.4, 0.5) is 10.5 Å². The molecule has 0 spiro atoms. The van der Waals surface area contributed by atoms with Crippen LogP contribution in [0.3, 0.4) is 0 Å². The van der Waals surface area contributed by atoms with Crippen LogP contribution in [0.15, 0.2) is 18.2 Å². The minimum absolute atomic E-state index is 0.0628. The van der Waals surface area contributed by atoms with Crippen molar-refractivity contribution in [1.29, 1.82) is 0 Å². The van der Waals surface area contributed by atoms with Gasteiger partial charge in [-0.25, -0.2) is 9.59 Å². The second-order valence-corrected chi connectivity index (χ2v) is 5.03. The predicted molar refractivity (Wildman–Crippen MR) is 74.4 cm³/mol. The number of ether oxygens (including phenoxy) is 1. The third-order valence-corrected chi connectivity index (χ3v) is 3.55. The van der Waals surface area contributed by atoms with Crippen molar-refractivity contribution in [2.24, 2.45) is 0 Å². The summed E-state index contributed by atoms with van der Waals surface area (Å²) in [7, 11) is 1.64. The number of benzene rings is 1. The van der Waals surface area contributed by atoms with Crippen LogP contribution in [-0.2, 0) is 4.74 Å². The fourth-order valence-corrected chi connectivity index (χ4v) is 2.14. The minimum atomic E-state index is -1.08. The number of carboxylic acid groups (broad SMARTS) is 1. The molecule has 0 saturated heterocycles. The number of amides is 2. The highest BCUT2D eigenvalue weighted by molar-refractivity contribution is 6.33. The number of hydrogen-bond acceptors (Lipinski definition) is 3. The molecule has 2 rings (SSSR count). The Balaban J connectivity index is 1.94. The van der Waals surface area contributed by atoms with Gasteiger partial charge >= 0.3 is 12.0 Å². The van der Waals surface area contributed by atoms with Crippen LogP contribution in [0, 0.1) is 0 Å². The lowest BCUT2D eigenvalue weighted by Gasteiger charge is -2.34. The number of methoxy groups -OCH3 is 1. The van der Waals surface area contributed by atoms with Crippen LogP contribution in [0.5, 0.6) is 0 Å². The zero-order chi connectivity index (χ0) is 14.7. The molecule has 0 bridgehead atoms. The van der Waals surface area contributed by atoms with Crippen LogP contribution in [-0.4, -0.2) is 36.4 Å². The highest BCUT2D eigenvalue weighted by Crippen LogP contribution is 2.25. The first kappa shape index (κ1) is 14.6. The number of anilines is 1. The van der Waals surface area contributed by atoms with E-state index in [4.69, 9.17) is 21.4 Å². The summed E-state index contributed by atoms with van der Waals surface area (Å²) in [5.74, 6) is -1.08. The molecule has 0 heterocycles. The molecular formula is C13H15ClN2O4. The molecule has 0 aromatic heterocycles. The molecule has 0 aliphatic heterocycles. The zero-order valence-electron chi connectivity index (χ0n) is 10.9. The van der Waals surface area contributed by atoms with Gasteiger partial charge < -0.3 is 20.5 Å². The van der Waals surface area contributed by atoms with Gasteiger partial charge in [0.1, 0.15) is 0 Å². The van der Waals surface area contributed by atoms with E-state index in [2.05, 4.69) is 10.6 Å². The van der Waals surface area contributed by atoms with Gasteiger partial charge in [0.15, 0.2) is 0 Å². The van der Waals surface area contributed by atoms with E-state index >= 15 is 0 Å². The molecule has 1 aliphatic carbocycles. The van der Waals surface area contributed by atoms with E-state index in [9.17, 15) is 9.59 Å². The number of carbonyl (C=O) groups excluding carboxylic acids is 1. The lowest BCUT2D eigenvalue weighted by Crippen LogP contribution is -2.48. The van der Waals surface area contributed by atoms with E-state index in [0.29, 0.717) is 0 Å². The quantitative estimate of drug-likeness (QED) is 0.796. The van der Waals surface area contributed by atoms with Crippen molar-refractivity contribution in [3.05, 3.63) is 28.8 Å². The Hall–Kier alpha value is -1.79. The number of halogens is 1. The molecule has 20 heavy (non-hydrogen) atoms. The van der Waals surface area contributed by atoms with Gasteiger partial charge in [-0.05, 0) is 31.0 Å². The summed E-state index contributed by atoms with van der Waals surface area (Å²) in [6.45, 7) is 0. The Kier molecular flexibility index (Phi) is 4.46. The molecular weight excluding hydrogens is 284 g/mol. The Labute approximate surface area is 121 Å². The normalized spacial score (nSPS) is 20.9. The summed E-state index contributed by atoms with van der Waals surface area (Å²) in [5, 5.41) is 14.5. The number of carbonyl (C=O) groups is 2. The molecule has 1 aliphatic rings. The summed E-state index contributed by atoms with van der Waals surface area (Å²) >= 11 is 5.92. The molecule has 1 aromatic rings. The summed E-state index contributed by atoms with van der Waals surface area (Å²) in [6.07, 6.45) is 1.74. The van der Waals surface area contributed by atoms with Crippen molar-refractivity contribution >= 4 is 29.3 Å². The van der Waals surface area contributed by atoms with Gasteiger partial charge in [0, 0.05) is 13.2 Å². The predicted octanol–water partition coefficient (Wildman–Crippen LogP) is 2.34. The standard InChI is InChI=1S/C13H15ClN2O4/c1-20-9-5-8(6-9)15-13(19)16-11-4-7(12(17)18)2-3-10(11)14/h2-4,8-9H,5-6H2,1H3,(H,17,18)(H2,15,16,19). The first-order chi connectivity index (χ1) is 9.49. The van der Waals surface area contributed by atoms with E-state index in [1.165, 1.54) is 18.2 Å². The van der Waals surface area contributed by atoms with Crippen molar-refractivity contribution in [3.63, 3.8) is 0 Å². The van der Waals surface area contributed by atoms with Crippen LogP contribution < -0.4 is 10.6 Å². The van der Waals surface area contributed by atoms with Crippen LogP contribution in [0.2, 0.25) is 5.02 Å². The first-order valence-corrected chi connectivity index (χ1v) is 6.50. The molecule has 0 radical (unpaired) electrons. The number of rotatable bonds is 4. The summed E-state index contributed by atoms with van der Waals surface area (Å²) in [5.41, 5.74) is 0.333. The third kappa shape index (κ3) is 3.40. The molecule has 108 valence electrons. The second kappa shape index (κ2) is 6.11. The summed E-state index contributed by atoms with van der Waals surface area (Å²) < 4.78 is 5.12. The largest absolute Gasteiger partial charge is 0.478 e. The third-order valence-electron chi connectivity index (χ3n) is 3.22. The molecule has 0 atom stereocenters. The Morgan fingerprint density at radius 1 is 1.40 bits per heavy atom. The molecule has 7 heteroatoms. The van der Waals surface area contributed by atoms with Crippen molar-refractivity contribution in [2.45, 2.75) is 25.0 Å². The molecule has 1 aromatic carbocycles. The van der Waals surface area contributed by atoms with Crippen molar-refractivity contribution in [3.8, 4) is 0 Å². The molecule has 3 N–H and O–H groups in total. The highest BCUT2D eigenvalue weighted by atomic mass is 35.5. The Morgan fingerprint density at radius 3 is 2.70 bits per heavy atom. The van der Waals surface area contributed by atoms with Gasteiger partial charge in [0.05, 0.1) is 22.4 Å². The number of aromatic carboxylic acids is 1. The van der Waals surface area contributed by atoms with Gasteiger partial charge in [-0.1, -0.05) is 11.6 Å². The zero-order valence-corrected chi connectivity index (χ0v) is 11.6. The minimum Gasteiger partial charge on any atom is -0.478 e. The lowest BCUT2D eigenvalue weighted by atomic mass is 9.89. The van der Waals surface area contributed by atoms with Crippen LogP contribution in [0.25, 0.3) is 0 Å². The Morgan fingerprint density at radius 2 is 2.10 bits per heavy atom. The number of hydrogen-bond donors (Lipinski definition) is 3. The first-order valence-electron chi connectivity index (χ1n) is 6.12. The van der Waals surface area contributed by atoms with E-state index in [-0.39, 0.29) is 28.4 Å². The number of nitrogens with one attached hydrogen (secondary N) is 2. The average molecular weight is 299 g/mol. The average Bonchev–Trinajstić information content (AvgIpc) is 2.35. The lowest BCUT2D eigenvalue weighted by molar-refractivity contribution is 0.0210. The molecule has 1 fully saturated rings. The number of carboxylic acids is 1. The van der Waals surface area contributed by atoms with E-state index in [1.807, 2.05) is 0 Å². The van der Waals surface area contributed by atoms with Crippen molar-refractivity contribution < 1.29 is 19.4 Å². The van der Waals surface area contributed by atoms with Gasteiger partial charge in [0.2, 0.25) is 0 Å². The molecule has 6 nitrogen and oxygen atoms in total. The summed E-state index contributed by atoms with van der Waals surface area (Å²) in [6, 6.07) is 3.80. The maximum Gasteiger partial charge on any atom is 0.335 e. The van der Waals surface area contributed by atoms with Crippen molar-refractivity contribution in [2.75, 3.05) is 12.4 Å². The summed E-state index contributed by atoms with van der Waals surface area (Å²) in [4.78, 5) is 22.6. The van der Waals surface area contributed by atoms with Gasteiger partial charge in [0.25, 0.3) is 0 Å². The van der Waals surface area contributed by atoms with Crippen LogP contribution in [0.1, 0.15) is 23.2 Å². The topological polar surface area (TPSA) is 87.7 Å². The van der Waals surface area contributed by atoms with E-state index < -0.39 is 12.0 Å². The smallest absolute Gasteiger partial charge is 0.335 e. The maximum absolute atomic E-state index is 11.8. The van der Waals surface area contributed by atoms with Gasteiger partial charge in [-0.2, -0.15) is 0 Å². The molecule has 0 unspecified atom stereocenters. The van der Waals surface area contributed by atoms with E-state index in [0.717, 1.165) is 12.8 Å². The van der Waals surface area contributed by atoms with Crippen LogP contribution >= 0.6 is 11.6 Å². The monoisotopic (exact) mass is 298 g/mol. The Bertz CT molecular complexity index is 529. The van der Waals surface area contributed by atoms with Crippen molar-refractivity contribution in [1.82, 2.24) is 5.32 Å². The highest BCUT2D eigenvalue weighted by Gasteiger charge is 2.30. The molecule has 1 saturated carbocycles. The fourth-order valence-electron chi connectivity index (χ4n) is 1.97.